The Labute approximate surface area is 179 Å². The standard InChI is InChI=1S/C23H23N7O/c1-14-5-3-4-6-17(14)19-9-15-10-21(25-12-18(15)22(24)28-19)27-16-11-26-30(13-16)20-7-8-29(2)23(20)31/h3-6,9-13,20H,7-8H2,1-2H3,(H2,24,28)(H,25,27)/t20-/m0/s1. The number of nitrogens with zero attached hydrogens (tertiary/aromatic N) is 5. The molecule has 1 saturated heterocycles. The fourth-order valence-corrected chi connectivity index (χ4v) is 4.01. The predicted molar refractivity (Wildman–Crippen MR) is 121 cm³/mol. The van der Waals surface area contributed by atoms with Crippen LogP contribution in [0, 0.1) is 6.92 Å². The van der Waals surface area contributed by atoms with Crippen molar-refractivity contribution in [3.05, 3.63) is 60.6 Å². The Kier molecular flexibility index (Phi) is 4.54. The molecule has 1 amide bonds. The first-order valence-corrected chi connectivity index (χ1v) is 10.2. The lowest BCUT2D eigenvalue weighted by atomic mass is 10.0. The van der Waals surface area contributed by atoms with E-state index >= 15 is 0 Å². The van der Waals surface area contributed by atoms with Gasteiger partial charge in [-0.2, -0.15) is 5.10 Å². The van der Waals surface area contributed by atoms with E-state index in [0.717, 1.165) is 46.2 Å². The van der Waals surface area contributed by atoms with Crippen LogP contribution in [0.15, 0.2) is 55.0 Å². The van der Waals surface area contributed by atoms with E-state index in [1.54, 1.807) is 22.0 Å². The maximum absolute atomic E-state index is 12.2. The third-order valence-electron chi connectivity index (χ3n) is 5.76. The van der Waals surface area contributed by atoms with Crippen LogP contribution in [0.1, 0.15) is 18.0 Å². The molecule has 4 heterocycles. The van der Waals surface area contributed by atoms with Gasteiger partial charge in [-0.25, -0.2) is 9.97 Å². The normalized spacial score (nSPS) is 16.3. The fourth-order valence-electron chi connectivity index (χ4n) is 4.01. The number of anilines is 3. The second-order valence-electron chi connectivity index (χ2n) is 7.90. The van der Waals surface area contributed by atoms with Gasteiger partial charge in [0.25, 0.3) is 0 Å². The number of hydrogen-bond acceptors (Lipinski definition) is 6. The number of pyridine rings is 2. The summed E-state index contributed by atoms with van der Waals surface area (Å²) in [5.74, 6) is 1.21. The highest BCUT2D eigenvalue weighted by atomic mass is 16.2. The van der Waals surface area contributed by atoms with Crippen LogP contribution >= 0.6 is 0 Å². The van der Waals surface area contributed by atoms with Gasteiger partial charge in [0.15, 0.2) is 0 Å². The largest absolute Gasteiger partial charge is 0.383 e. The first-order chi connectivity index (χ1) is 15.0. The first-order valence-electron chi connectivity index (χ1n) is 10.2. The van der Waals surface area contributed by atoms with E-state index < -0.39 is 0 Å². The molecular weight excluding hydrogens is 390 g/mol. The average molecular weight is 413 g/mol. The molecule has 0 unspecified atom stereocenters. The maximum atomic E-state index is 12.2. The highest BCUT2D eigenvalue weighted by Crippen LogP contribution is 2.30. The summed E-state index contributed by atoms with van der Waals surface area (Å²) in [5, 5.41) is 9.39. The van der Waals surface area contributed by atoms with Gasteiger partial charge in [-0.3, -0.25) is 9.48 Å². The van der Waals surface area contributed by atoms with Crippen LogP contribution in [0.5, 0.6) is 0 Å². The van der Waals surface area contributed by atoms with Gasteiger partial charge >= 0.3 is 0 Å². The molecule has 3 aromatic heterocycles. The van der Waals surface area contributed by atoms with Crippen molar-refractivity contribution in [2.75, 3.05) is 24.6 Å². The van der Waals surface area contributed by atoms with Crippen molar-refractivity contribution < 1.29 is 4.79 Å². The molecule has 0 aliphatic carbocycles. The minimum atomic E-state index is -0.243. The molecular formula is C23H23N7O. The van der Waals surface area contributed by atoms with E-state index in [0.29, 0.717) is 11.6 Å². The third-order valence-corrected chi connectivity index (χ3v) is 5.76. The van der Waals surface area contributed by atoms with Crippen LogP contribution in [-0.4, -0.2) is 44.1 Å². The van der Waals surface area contributed by atoms with Crippen molar-refractivity contribution in [2.24, 2.45) is 0 Å². The summed E-state index contributed by atoms with van der Waals surface area (Å²) < 4.78 is 1.72. The van der Waals surface area contributed by atoms with Gasteiger partial charge in [-0.15, -0.1) is 0 Å². The molecule has 4 aromatic rings. The van der Waals surface area contributed by atoms with Gasteiger partial charge in [0.05, 0.1) is 17.6 Å². The van der Waals surface area contributed by atoms with E-state index in [1.165, 1.54) is 0 Å². The van der Waals surface area contributed by atoms with Gasteiger partial charge < -0.3 is 16.0 Å². The summed E-state index contributed by atoms with van der Waals surface area (Å²) in [6.45, 7) is 2.80. The highest BCUT2D eigenvalue weighted by molar-refractivity contribution is 5.94. The molecule has 0 bridgehead atoms. The van der Waals surface area contributed by atoms with Gasteiger partial charge in [-0.05, 0) is 36.4 Å². The van der Waals surface area contributed by atoms with E-state index in [1.807, 2.05) is 43.6 Å². The Balaban J connectivity index is 1.45. The number of rotatable bonds is 4. The zero-order valence-electron chi connectivity index (χ0n) is 17.4. The Morgan fingerprint density at radius 2 is 2.03 bits per heavy atom. The molecule has 0 spiro atoms. The number of fused-ring (bicyclic) bond motifs is 1. The fraction of sp³-hybridized carbons (Fsp3) is 0.217. The summed E-state index contributed by atoms with van der Waals surface area (Å²) in [6, 6.07) is 11.8. The minimum absolute atomic E-state index is 0.0881. The molecule has 1 aliphatic heterocycles. The molecule has 1 atom stereocenters. The maximum Gasteiger partial charge on any atom is 0.247 e. The summed E-state index contributed by atoms with van der Waals surface area (Å²) in [4.78, 5) is 23.0. The Bertz CT molecular complexity index is 1300. The lowest BCUT2D eigenvalue weighted by Gasteiger charge is -2.11. The van der Waals surface area contributed by atoms with E-state index in [-0.39, 0.29) is 11.9 Å². The molecule has 8 nitrogen and oxygen atoms in total. The van der Waals surface area contributed by atoms with Crippen molar-refractivity contribution in [3.63, 3.8) is 0 Å². The molecule has 8 heteroatoms. The van der Waals surface area contributed by atoms with Gasteiger partial charge in [0.1, 0.15) is 17.7 Å². The molecule has 31 heavy (non-hydrogen) atoms. The number of carbonyl (C=O) groups is 1. The van der Waals surface area contributed by atoms with Crippen LogP contribution in [0.25, 0.3) is 22.0 Å². The number of carbonyl (C=O) groups excluding carboxylic acids is 1. The van der Waals surface area contributed by atoms with Crippen LogP contribution in [0.3, 0.4) is 0 Å². The number of nitrogens with one attached hydrogen (secondary N) is 1. The molecule has 0 saturated carbocycles. The van der Waals surface area contributed by atoms with E-state index in [9.17, 15) is 4.79 Å². The van der Waals surface area contributed by atoms with Crippen molar-refractivity contribution in [3.8, 4) is 11.3 Å². The number of nitrogen functional groups attached to an aromatic ring is 1. The second kappa shape index (κ2) is 7.39. The zero-order valence-corrected chi connectivity index (χ0v) is 17.4. The van der Waals surface area contributed by atoms with Gasteiger partial charge in [0, 0.05) is 36.9 Å². The van der Waals surface area contributed by atoms with Crippen molar-refractivity contribution in [1.82, 2.24) is 24.6 Å². The first kappa shape index (κ1) is 19.0. The Hall–Kier alpha value is -3.94. The molecule has 156 valence electrons. The summed E-state index contributed by atoms with van der Waals surface area (Å²) >= 11 is 0. The molecule has 0 radical (unpaired) electrons. The number of likely N-dealkylation sites (tertiary alicyclic amines) is 1. The number of aryl methyl sites for hydroxylation is 1. The van der Waals surface area contributed by atoms with Crippen LogP contribution in [0.4, 0.5) is 17.3 Å². The highest BCUT2D eigenvalue weighted by Gasteiger charge is 2.31. The summed E-state index contributed by atoms with van der Waals surface area (Å²) in [7, 11) is 1.82. The monoisotopic (exact) mass is 413 g/mol. The van der Waals surface area contributed by atoms with E-state index in [4.69, 9.17) is 5.73 Å². The average Bonchev–Trinajstić information content (AvgIpc) is 3.34. The molecule has 1 aliphatic rings. The van der Waals surface area contributed by atoms with Gasteiger partial charge in [0.2, 0.25) is 5.91 Å². The smallest absolute Gasteiger partial charge is 0.247 e. The molecule has 1 aromatic carbocycles. The summed E-state index contributed by atoms with van der Waals surface area (Å²) in [5.41, 5.74) is 10.0. The van der Waals surface area contributed by atoms with Crippen LogP contribution < -0.4 is 11.1 Å². The molecule has 5 rings (SSSR count). The second-order valence-corrected chi connectivity index (χ2v) is 7.90. The summed E-state index contributed by atoms with van der Waals surface area (Å²) in [6.07, 6.45) is 6.03. The SMILES string of the molecule is Cc1ccccc1-c1cc2cc(Nc3cnn([C@H]4CCN(C)C4=O)c3)ncc2c(N)n1. The number of aromatic nitrogens is 4. The quantitative estimate of drug-likeness (QED) is 0.531. The topological polar surface area (TPSA) is 102 Å². The molecule has 1 fully saturated rings. The number of hydrogen-bond donors (Lipinski definition) is 2. The van der Waals surface area contributed by atoms with Crippen molar-refractivity contribution in [1.29, 1.82) is 0 Å². The van der Waals surface area contributed by atoms with Crippen LogP contribution in [-0.2, 0) is 4.79 Å². The predicted octanol–water partition coefficient (Wildman–Crippen LogP) is 3.53. The Morgan fingerprint density at radius 1 is 1.19 bits per heavy atom. The van der Waals surface area contributed by atoms with Crippen LogP contribution in [0.2, 0.25) is 0 Å². The number of likely N-dealkylation sites (N-methyl/N-ethyl adjacent to an activating group) is 1. The number of nitrogens with two attached hydrogens (primary N) is 1. The lowest BCUT2D eigenvalue weighted by molar-refractivity contribution is -0.129. The Morgan fingerprint density at radius 3 is 2.81 bits per heavy atom. The number of amides is 1. The minimum Gasteiger partial charge on any atom is -0.383 e. The zero-order chi connectivity index (χ0) is 21.5. The van der Waals surface area contributed by atoms with Gasteiger partial charge in [-0.1, -0.05) is 24.3 Å². The third kappa shape index (κ3) is 3.46. The van der Waals surface area contributed by atoms with E-state index in [2.05, 4.69) is 33.4 Å². The van der Waals surface area contributed by atoms with Crippen molar-refractivity contribution >= 4 is 34.0 Å². The number of benzene rings is 1. The van der Waals surface area contributed by atoms with Crippen molar-refractivity contribution in [2.45, 2.75) is 19.4 Å². The molecule has 3 N–H and O–H groups in total. The lowest BCUT2D eigenvalue weighted by Crippen LogP contribution is -2.24.